The van der Waals surface area contributed by atoms with Gasteiger partial charge in [-0.15, -0.1) is 0 Å². The highest BCUT2D eigenvalue weighted by Crippen LogP contribution is 2.43. The molecule has 0 radical (unpaired) electrons. The van der Waals surface area contributed by atoms with E-state index in [-0.39, 0.29) is 25.6 Å². The predicted octanol–water partition coefficient (Wildman–Crippen LogP) is 11.9. The standard InChI is InChI=1S/C39H73O8P/c1-4-7-9-11-13-15-17-19-20-22-24-26-28-30-32-34-39(41)47-37(36-46-48(42,43)45-6-3)35-44-38(40)33-31-29-27-25-23-21-18-16-14-12-10-8-5-2/h13,15,19-20,37H,4-12,14,16-18,21-36H2,1-3H3,(H,42,43)/b15-13+,20-19-/t37-/m1/s1. The summed E-state index contributed by atoms with van der Waals surface area (Å²) in [4.78, 5) is 34.6. The van der Waals surface area contributed by atoms with E-state index >= 15 is 0 Å². The van der Waals surface area contributed by atoms with Gasteiger partial charge in [-0.3, -0.25) is 18.6 Å². The molecule has 0 spiro atoms. The Morgan fingerprint density at radius 1 is 0.562 bits per heavy atom. The van der Waals surface area contributed by atoms with Crippen molar-refractivity contribution < 1.29 is 37.6 Å². The zero-order valence-corrected chi connectivity index (χ0v) is 32.0. The van der Waals surface area contributed by atoms with E-state index in [4.69, 9.17) is 18.5 Å². The Hall–Kier alpha value is -1.47. The number of unbranched alkanes of at least 4 members (excludes halogenated alkanes) is 20. The first-order valence-corrected chi connectivity index (χ1v) is 21.1. The first kappa shape index (κ1) is 46.5. The number of esters is 2. The molecule has 8 nitrogen and oxygen atoms in total. The summed E-state index contributed by atoms with van der Waals surface area (Å²) in [6, 6.07) is 0. The van der Waals surface area contributed by atoms with Crippen molar-refractivity contribution in [2.45, 2.75) is 194 Å². The summed E-state index contributed by atoms with van der Waals surface area (Å²) in [5, 5.41) is 0. The summed E-state index contributed by atoms with van der Waals surface area (Å²) in [6.07, 6.45) is 36.5. The molecule has 0 aromatic heterocycles. The van der Waals surface area contributed by atoms with Crippen molar-refractivity contribution in [2.24, 2.45) is 0 Å². The van der Waals surface area contributed by atoms with Crippen molar-refractivity contribution >= 4 is 19.8 Å². The van der Waals surface area contributed by atoms with Crippen LogP contribution in [0.15, 0.2) is 24.3 Å². The van der Waals surface area contributed by atoms with Crippen molar-refractivity contribution in [3.05, 3.63) is 24.3 Å². The van der Waals surface area contributed by atoms with Crippen LogP contribution in [-0.4, -0.2) is 42.8 Å². The lowest BCUT2D eigenvalue weighted by Crippen LogP contribution is -2.29. The van der Waals surface area contributed by atoms with E-state index in [2.05, 4.69) is 38.2 Å². The third-order valence-electron chi connectivity index (χ3n) is 8.26. The summed E-state index contributed by atoms with van der Waals surface area (Å²) >= 11 is 0. The van der Waals surface area contributed by atoms with E-state index in [0.29, 0.717) is 12.8 Å². The highest BCUT2D eigenvalue weighted by molar-refractivity contribution is 7.47. The van der Waals surface area contributed by atoms with Crippen molar-refractivity contribution in [3.8, 4) is 0 Å². The number of hydrogen-bond acceptors (Lipinski definition) is 7. The van der Waals surface area contributed by atoms with Crippen molar-refractivity contribution in [2.75, 3.05) is 19.8 Å². The lowest BCUT2D eigenvalue weighted by molar-refractivity contribution is -0.161. The lowest BCUT2D eigenvalue weighted by Gasteiger charge is -2.19. The molecular weight excluding hydrogens is 627 g/mol. The fourth-order valence-electron chi connectivity index (χ4n) is 5.36. The van der Waals surface area contributed by atoms with Gasteiger partial charge in [0, 0.05) is 12.8 Å². The number of carbonyl (C=O) groups is 2. The van der Waals surface area contributed by atoms with Crippen LogP contribution in [0.5, 0.6) is 0 Å². The zero-order chi connectivity index (χ0) is 35.4. The van der Waals surface area contributed by atoms with Crippen LogP contribution in [0, 0.1) is 0 Å². The monoisotopic (exact) mass is 701 g/mol. The fourth-order valence-corrected chi connectivity index (χ4v) is 6.12. The SMILES string of the molecule is CCCCC/C=C/C/C=C\CCCCCCCC(=O)O[C@H](COC(=O)CCCCCCCCCCCCCCC)COP(=O)(O)OCC. The summed E-state index contributed by atoms with van der Waals surface area (Å²) < 4.78 is 32.5. The zero-order valence-electron chi connectivity index (χ0n) is 31.1. The van der Waals surface area contributed by atoms with Crippen molar-refractivity contribution in [1.29, 1.82) is 0 Å². The maximum atomic E-state index is 12.5. The van der Waals surface area contributed by atoms with Crippen LogP contribution in [0.3, 0.4) is 0 Å². The minimum atomic E-state index is -4.27. The summed E-state index contributed by atoms with van der Waals surface area (Å²) in [5.41, 5.74) is 0. The predicted molar refractivity (Wildman–Crippen MR) is 198 cm³/mol. The van der Waals surface area contributed by atoms with E-state index in [1.807, 2.05) is 0 Å². The molecule has 48 heavy (non-hydrogen) atoms. The highest BCUT2D eigenvalue weighted by Gasteiger charge is 2.25. The van der Waals surface area contributed by atoms with Crippen molar-refractivity contribution in [3.63, 3.8) is 0 Å². The molecule has 0 aliphatic rings. The largest absolute Gasteiger partial charge is 0.472 e. The average molecular weight is 701 g/mol. The molecule has 1 N–H and O–H groups in total. The summed E-state index contributed by atoms with van der Waals surface area (Å²) in [6.45, 7) is 5.43. The van der Waals surface area contributed by atoms with Gasteiger partial charge in [0.15, 0.2) is 6.10 Å². The van der Waals surface area contributed by atoms with Crippen LogP contribution in [0.1, 0.15) is 188 Å². The Labute approximate surface area is 294 Å². The Balaban J connectivity index is 4.15. The van der Waals surface area contributed by atoms with E-state index in [1.54, 1.807) is 6.92 Å². The Kier molecular flexibility index (Phi) is 34.3. The van der Waals surface area contributed by atoms with Crippen LogP contribution in [0.2, 0.25) is 0 Å². The minimum Gasteiger partial charge on any atom is -0.462 e. The number of allylic oxidation sites excluding steroid dienone is 4. The summed E-state index contributed by atoms with van der Waals surface area (Å²) in [5.74, 6) is -0.809. The lowest BCUT2D eigenvalue weighted by atomic mass is 10.0. The van der Waals surface area contributed by atoms with E-state index in [9.17, 15) is 19.0 Å². The molecule has 0 saturated carbocycles. The van der Waals surface area contributed by atoms with Gasteiger partial charge in [0.1, 0.15) is 6.61 Å². The maximum Gasteiger partial charge on any atom is 0.472 e. The van der Waals surface area contributed by atoms with Gasteiger partial charge in [0.25, 0.3) is 0 Å². The van der Waals surface area contributed by atoms with Crippen molar-refractivity contribution in [1.82, 2.24) is 0 Å². The Bertz CT molecular complexity index is 844. The molecule has 9 heteroatoms. The quantitative estimate of drug-likeness (QED) is 0.0298. The first-order valence-electron chi connectivity index (χ1n) is 19.6. The molecule has 2 atom stereocenters. The smallest absolute Gasteiger partial charge is 0.462 e. The first-order chi connectivity index (χ1) is 23.3. The average Bonchev–Trinajstić information content (AvgIpc) is 3.06. The van der Waals surface area contributed by atoms with Crippen LogP contribution < -0.4 is 0 Å². The molecule has 0 aromatic rings. The van der Waals surface area contributed by atoms with Gasteiger partial charge in [-0.1, -0.05) is 147 Å². The highest BCUT2D eigenvalue weighted by atomic mass is 31.2. The molecular formula is C39H73O8P. The molecule has 0 aliphatic carbocycles. The Morgan fingerprint density at radius 2 is 1.00 bits per heavy atom. The molecule has 0 fully saturated rings. The second-order valence-electron chi connectivity index (χ2n) is 13.0. The number of ether oxygens (including phenoxy) is 2. The second-order valence-corrected chi connectivity index (χ2v) is 14.4. The molecule has 282 valence electrons. The van der Waals surface area contributed by atoms with Crippen LogP contribution in [-0.2, 0) is 32.7 Å². The number of hydrogen-bond donors (Lipinski definition) is 1. The van der Waals surface area contributed by atoms with Gasteiger partial charge in [-0.2, -0.15) is 0 Å². The normalized spacial score (nSPS) is 13.7. The van der Waals surface area contributed by atoms with Gasteiger partial charge in [0.05, 0.1) is 13.2 Å². The molecule has 0 saturated heterocycles. The van der Waals surface area contributed by atoms with Gasteiger partial charge in [-0.05, 0) is 51.9 Å². The molecule has 0 aliphatic heterocycles. The fraction of sp³-hybridized carbons (Fsp3) is 0.846. The van der Waals surface area contributed by atoms with Crippen LogP contribution in [0.4, 0.5) is 0 Å². The number of phosphoric acid groups is 1. The van der Waals surface area contributed by atoms with Gasteiger partial charge < -0.3 is 14.4 Å². The Morgan fingerprint density at radius 3 is 1.52 bits per heavy atom. The molecule has 1 unspecified atom stereocenters. The van der Waals surface area contributed by atoms with Crippen LogP contribution >= 0.6 is 7.82 Å². The van der Waals surface area contributed by atoms with E-state index in [1.165, 1.54) is 89.9 Å². The molecule has 0 bridgehead atoms. The van der Waals surface area contributed by atoms with Crippen LogP contribution in [0.25, 0.3) is 0 Å². The topological polar surface area (TPSA) is 108 Å². The molecule has 0 amide bonds. The number of rotatable bonds is 36. The van der Waals surface area contributed by atoms with Gasteiger partial charge in [0.2, 0.25) is 0 Å². The third kappa shape index (κ3) is 34.4. The van der Waals surface area contributed by atoms with E-state index in [0.717, 1.165) is 57.8 Å². The third-order valence-corrected chi connectivity index (χ3v) is 9.32. The molecule has 0 aromatic carbocycles. The summed E-state index contributed by atoms with van der Waals surface area (Å²) in [7, 11) is -4.27. The number of carbonyl (C=O) groups excluding carboxylic acids is 2. The maximum absolute atomic E-state index is 12.5. The minimum absolute atomic E-state index is 0.000826. The van der Waals surface area contributed by atoms with E-state index < -0.39 is 26.5 Å². The second kappa shape index (κ2) is 35.4. The van der Waals surface area contributed by atoms with Gasteiger partial charge >= 0.3 is 19.8 Å². The number of phosphoric ester groups is 1. The van der Waals surface area contributed by atoms with Gasteiger partial charge in [-0.25, -0.2) is 4.57 Å². The molecule has 0 heterocycles. The molecule has 0 rings (SSSR count).